The predicted octanol–water partition coefficient (Wildman–Crippen LogP) is 2.24. The van der Waals surface area contributed by atoms with E-state index in [4.69, 9.17) is 5.11 Å². The third-order valence-corrected chi connectivity index (χ3v) is 3.96. The van der Waals surface area contributed by atoms with Crippen LogP contribution >= 0.6 is 0 Å². The van der Waals surface area contributed by atoms with Crippen LogP contribution in [0.15, 0.2) is 18.2 Å². The topological polar surface area (TPSA) is 57.6 Å². The van der Waals surface area contributed by atoms with Crippen molar-refractivity contribution in [3.05, 3.63) is 34.9 Å². The van der Waals surface area contributed by atoms with Crippen LogP contribution in [0, 0.1) is 19.8 Å². The van der Waals surface area contributed by atoms with E-state index < -0.39 is 11.9 Å². The molecule has 1 amide bonds. The Kier molecular flexibility index (Phi) is 3.60. The SMILES string of the molecule is Cc1ccc(C)c(C(=O)N2CCC(C(=O)O)C2C)c1. The first kappa shape index (κ1) is 13.6. The zero-order valence-electron chi connectivity index (χ0n) is 11.5. The zero-order valence-corrected chi connectivity index (χ0v) is 11.5. The van der Waals surface area contributed by atoms with Crippen molar-refractivity contribution in [1.82, 2.24) is 4.90 Å². The molecule has 1 saturated heterocycles. The second-order valence-corrected chi connectivity index (χ2v) is 5.29. The van der Waals surface area contributed by atoms with Crippen molar-refractivity contribution in [2.75, 3.05) is 6.54 Å². The van der Waals surface area contributed by atoms with E-state index in [1.807, 2.05) is 39.0 Å². The van der Waals surface area contributed by atoms with Crippen molar-refractivity contribution in [2.24, 2.45) is 5.92 Å². The standard InChI is InChI=1S/C15H19NO3/c1-9-4-5-10(2)13(8-9)14(17)16-7-6-12(11(16)3)15(18)19/h4-5,8,11-12H,6-7H2,1-3H3,(H,18,19). The van der Waals surface area contributed by atoms with E-state index in [0.717, 1.165) is 11.1 Å². The Balaban J connectivity index is 2.26. The molecule has 0 aromatic heterocycles. The first-order chi connectivity index (χ1) is 8.91. The van der Waals surface area contributed by atoms with Gasteiger partial charge in [0.15, 0.2) is 0 Å². The van der Waals surface area contributed by atoms with Crippen molar-refractivity contribution in [3.8, 4) is 0 Å². The molecule has 2 unspecified atom stereocenters. The first-order valence-corrected chi connectivity index (χ1v) is 6.53. The number of amides is 1. The molecule has 0 bridgehead atoms. The molecular weight excluding hydrogens is 242 g/mol. The van der Waals surface area contributed by atoms with E-state index in [1.54, 1.807) is 4.90 Å². The van der Waals surface area contributed by atoms with Crippen LogP contribution < -0.4 is 0 Å². The molecule has 0 spiro atoms. The Morgan fingerprint density at radius 1 is 1.32 bits per heavy atom. The number of carbonyl (C=O) groups excluding carboxylic acids is 1. The van der Waals surface area contributed by atoms with Crippen molar-refractivity contribution in [2.45, 2.75) is 33.2 Å². The number of carboxylic acids is 1. The van der Waals surface area contributed by atoms with Crippen LogP contribution in [0.25, 0.3) is 0 Å². The molecule has 2 atom stereocenters. The fraction of sp³-hybridized carbons (Fsp3) is 0.467. The van der Waals surface area contributed by atoms with Gasteiger partial charge in [-0.15, -0.1) is 0 Å². The maximum atomic E-state index is 12.5. The van der Waals surface area contributed by atoms with Gasteiger partial charge < -0.3 is 10.0 Å². The number of benzene rings is 1. The van der Waals surface area contributed by atoms with Crippen LogP contribution in [0.1, 0.15) is 34.8 Å². The number of aliphatic carboxylic acids is 1. The molecule has 0 radical (unpaired) electrons. The molecule has 2 rings (SSSR count). The van der Waals surface area contributed by atoms with Gasteiger partial charge >= 0.3 is 5.97 Å². The molecule has 1 aliphatic heterocycles. The Labute approximate surface area is 113 Å². The van der Waals surface area contributed by atoms with Crippen LogP contribution in [0.2, 0.25) is 0 Å². The summed E-state index contributed by atoms with van der Waals surface area (Å²) in [5, 5.41) is 9.11. The normalized spacial score (nSPS) is 22.6. The lowest BCUT2D eigenvalue weighted by Crippen LogP contribution is -2.38. The van der Waals surface area contributed by atoms with Gasteiger partial charge in [-0.25, -0.2) is 0 Å². The number of hydrogen-bond acceptors (Lipinski definition) is 2. The van der Waals surface area contributed by atoms with E-state index in [0.29, 0.717) is 18.5 Å². The van der Waals surface area contributed by atoms with Gasteiger partial charge in [-0.2, -0.15) is 0 Å². The Morgan fingerprint density at radius 2 is 2.00 bits per heavy atom. The van der Waals surface area contributed by atoms with Crippen LogP contribution in [0.4, 0.5) is 0 Å². The highest BCUT2D eigenvalue weighted by Gasteiger charge is 2.38. The van der Waals surface area contributed by atoms with Gasteiger partial charge in [-0.3, -0.25) is 9.59 Å². The van der Waals surface area contributed by atoms with Crippen LogP contribution in [-0.4, -0.2) is 34.5 Å². The molecule has 19 heavy (non-hydrogen) atoms. The highest BCUT2D eigenvalue weighted by Crippen LogP contribution is 2.27. The lowest BCUT2D eigenvalue weighted by molar-refractivity contribution is -0.142. The van der Waals surface area contributed by atoms with Gasteiger partial charge in [0.2, 0.25) is 0 Å². The summed E-state index contributed by atoms with van der Waals surface area (Å²) in [4.78, 5) is 25.3. The fourth-order valence-corrected chi connectivity index (χ4v) is 2.68. The monoisotopic (exact) mass is 261 g/mol. The number of hydrogen-bond donors (Lipinski definition) is 1. The largest absolute Gasteiger partial charge is 0.481 e. The molecule has 102 valence electrons. The lowest BCUT2D eigenvalue weighted by atomic mass is 10.0. The molecule has 4 nitrogen and oxygen atoms in total. The van der Waals surface area contributed by atoms with Crippen molar-refractivity contribution >= 4 is 11.9 Å². The number of nitrogens with zero attached hydrogens (tertiary/aromatic N) is 1. The van der Waals surface area contributed by atoms with Gasteiger partial charge in [-0.05, 0) is 38.8 Å². The molecule has 0 saturated carbocycles. The van der Waals surface area contributed by atoms with Crippen LogP contribution in [0.3, 0.4) is 0 Å². The maximum absolute atomic E-state index is 12.5. The van der Waals surface area contributed by atoms with Crippen LogP contribution in [-0.2, 0) is 4.79 Å². The third kappa shape index (κ3) is 2.48. The molecule has 1 heterocycles. The van der Waals surface area contributed by atoms with Gasteiger partial charge in [0, 0.05) is 18.2 Å². The molecule has 1 fully saturated rings. The Hall–Kier alpha value is -1.84. The van der Waals surface area contributed by atoms with E-state index in [9.17, 15) is 9.59 Å². The second kappa shape index (κ2) is 5.03. The van der Waals surface area contributed by atoms with Crippen molar-refractivity contribution < 1.29 is 14.7 Å². The van der Waals surface area contributed by atoms with Gasteiger partial charge in [0.1, 0.15) is 0 Å². The van der Waals surface area contributed by atoms with Gasteiger partial charge in [0.05, 0.1) is 5.92 Å². The van der Waals surface area contributed by atoms with Gasteiger partial charge in [0.25, 0.3) is 5.91 Å². The molecule has 1 aromatic rings. The summed E-state index contributed by atoms with van der Waals surface area (Å²) in [6.45, 7) is 6.19. The summed E-state index contributed by atoms with van der Waals surface area (Å²) >= 11 is 0. The van der Waals surface area contributed by atoms with E-state index in [1.165, 1.54) is 0 Å². The quantitative estimate of drug-likeness (QED) is 0.888. The van der Waals surface area contributed by atoms with E-state index in [2.05, 4.69) is 0 Å². The lowest BCUT2D eigenvalue weighted by Gasteiger charge is -2.24. The first-order valence-electron chi connectivity index (χ1n) is 6.53. The number of carboxylic acid groups (broad SMARTS) is 1. The Morgan fingerprint density at radius 3 is 2.58 bits per heavy atom. The molecule has 1 N–H and O–H groups in total. The molecule has 1 aromatic carbocycles. The molecule has 0 aliphatic carbocycles. The summed E-state index contributed by atoms with van der Waals surface area (Å²) in [5.41, 5.74) is 2.65. The fourth-order valence-electron chi connectivity index (χ4n) is 2.68. The summed E-state index contributed by atoms with van der Waals surface area (Å²) in [7, 11) is 0. The number of likely N-dealkylation sites (tertiary alicyclic amines) is 1. The molecule has 1 aliphatic rings. The molecule has 4 heteroatoms. The number of carbonyl (C=O) groups is 2. The smallest absolute Gasteiger partial charge is 0.308 e. The number of aryl methyl sites for hydroxylation is 2. The zero-order chi connectivity index (χ0) is 14.2. The minimum absolute atomic E-state index is 0.0579. The van der Waals surface area contributed by atoms with Crippen LogP contribution in [0.5, 0.6) is 0 Å². The number of rotatable bonds is 2. The average molecular weight is 261 g/mol. The van der Waals surface area contributed by atoms with Gasteiger partial charge in [-0.1, -0.05) is 17.7 Å². The molecular formula is C15H19NO3. The summed E-state index contributed by atoms with van der Waals surface area (Å²) in [6, 6.07) is 5.53. The minimum atomic E-state index is -0.816. The van der Waals surface area contributed by atoms with E-state index >= 15 is 0 Å². The average Bonchev–Trinajstić information content (AvgIpc) is 2.73. The van der Waals surface area contributed by atoms with E-state index in [-0.39, 0.29) is 11.9 Å². The minimum Gasteiger partial charge on any atom is -0.481 e. The summed E-state index contributed by atoms with van der Waals surface area (Å²) in [6.07, 6.45) is 0.535. The Bertz CT molecular complexity index is 524. The van der Waals surface area contributed by atoms with Crippen molar-refractivity contribution in [3.63, 3.8) is 0 Å². The summed E-state index contributed by atoms with van der Waals surface area (Å²) < 4.78 is 0. The second-order valence-electron chi connectivity index (χ2n) is 5.29. The highest BCUT2D eigenvalue weighted by molar-refractivity contribution is 5.96. The van der Waals surface area contributed by atoms with Crippen molar-refractivity contribution in [1.29, 1.82) is 0 Å². The summed E-state index contributed by atoms with van der Waals surface area (Å²) in [5.74, 6) is -1.32. The third-order valence-electron chi connectivity index (χ3n) is 3.96. The highest BCUT2D eigenvalue weighted by atomic mass is 16.4. The predicted molar refractivity (Wildman–Crippen MR) is 72.2 cm³/mol. The maximum Gasteiger partial charge on any atom is 0.308 e.